The van der Waals surface area contributed by atoms with E-state index in [1.165, 1.54) is 4.57 Å². The molecule has 0 aliphatic carbocycles. The van der Waals surface area contributed by atoms with Gasteiger partial charge in [0, 0.05) is 39.7 Å². The van der Waals surface area contributed by atoms with Crippen LogP contribution in [0.5, 0.6) is 0 Å². The van der Waals surface area contributed by atoms with E-state index in [-0.39, 0.29) is 18.0 Å². The molecule has 31 heavy (non-hydrogen) atoms. The van der Waals surface area contributed by atoms with Crippen molar-refractivity contribution in [2.24, 2.45) is 7.05 Å². The highest BCUT2D eigenvalue weighted by molar-refractivity contribution is 6.00. The molecule has 2 amide bonds. The van der Waals surface area contributed by atoms with Gasteiger partial charge in [0.25, 0.3) is 0 Å². The third kappa shape index (κ3) is 5.68. The van der Waals surface area contributed by atoms with Crippen LogP contribution in [-0.2, 0) is 37.3 Å². The first kappa shape index (κ1) is 22.9. The van der Waals surface area contributed by atoms with Crippen LogP contribution in [-0.4, -0.2) is 53.7 Å². The predicted molar refractivity (Wildman–Crippen MR) is 114 cm³/mol. The number of piperidine rings is 1. The number of carbonyl (C=O) groups is 3. The van der Waals surface area contributed by atoms with Gasteiger partial charge in [-0.1, -0.05) is 6.07 Å². The number of benzene rings is 1. The molecule has 1 saturated heterocycles. The molecule has 168 valence electrons. The zero-order chi connectivity index (χ0) is 22.2. The average Bonchev–Trinajstić information content (AvgIpc) is 3.00. The van der Waals surface area contributed by atoms with E-state index in [4.69, 9.17) is 9.47 Å². The summed E-state index contributed by atoms with van der Waals surface area (Å²) in [6.45, 7) is 2.29. The molecule has 2 aromatic rings. The van der Waals surface area contributed by atoms with Crippen LogP contribution in [0.1, 0.15) is 43.7 Å². The number of imide groups is 1. The molecule has 1 aliphatic heterocycles. The first-order valence-corrected chi connectivity index (χ1v) is 10.7. The summed E-state index contributed by atoms with van der Waals surface area (Å²) in [4.78, 5) is 46.7. The Morgan fingerprint density at radius 1 is 1.06 bits per heavy atom. The third-order valence-corrected chi connectivity index (χ3v) is 5.39. The van der Waals surface area contributed by atoms with Gasteiger partial charge in [0.1, 0.15) is 12.3 Å². The van der Waals surface area contributed by atoms with Gasteiger partial charge in [0.15, 0.2) is 0 Å². The molecule has 1 fully saturated rings. The Morgan fingerprint density at radius 3 is 2.55 bits per heavy atom. The number of carbonyl (C=O) groups excluding carboxylic acids is 3. The Morgan fingerprint density at radius 2 is 1.81 bits per heavy atom. The second kappa shape index (κ2) is 11.0. The van der Waals surface area contributed by atoms with E-state index in [1.807, 2.05) is 18.2 Å². The summed E-state index contributed by atoms with van der Waals surface area (Å²) < 4.78 is 13.9. The highest BCUT2D eigenvalue weighted by Gasteiger charge is 2.31. The second-order valence-electron chi connectivity index (χ2n) is 7.64. The molecule has 1 aromatic carbocycles. The summed E-state index contributed by atoms with van der Waals surface area (Å²) in [6, 6.07) is 5.13. The van der Waals surface area contributed by atoms with Gasteiger partial charge in [-0.15, -0.1) is 0 Å². The molecule has 1 aliphatic rings. The summed E-state index contributed by atoms with van der Waals surface area (Å²) in [7, 11) is 1.69. The van der Waals surface area contributed by atoms with Crippen molar-refractivity contribution in [3.8, 4) is 0 Å². The number of amides is 2. The Kier molecular flexibility index (Phi) is 8.13. The summed E-state index contributed by atoms with van der Waals surface area (Å²) in [5, 5.41) is 2.32. The lowest BCUT2D eigenvalue weighted by atomic mass is 10.1. The number of nitrogens with zero attached hydrogens (tertiary/aromatic N) is 2. The van der Waals surface area contributed by atoms with Crippen LogP contribution < -0.4 is 11.0 Å². The quantitative estimate of drug-likeness (QED) is 0.308. The zero-order valence-electron chi connectivity index (χ0n) is 17.8. The van der Waals surface area contributed by atoms with E-state index < -0.39 is 11.9 Å². The number of ether oxygens (including phenoxy) is 2. The number of fused-ring (bicyclic) bond motifs is 1. The third-order valence-electron chi connectivity index (χ3n) is 5.39. The molecule has 0 bridgehead atoms. The summed E-state index contributed by atoms with van der Waals surface area (Å²) >= 11 is 0. The van der Waals surface area contributed by atoms with Crippen LogP contribution in [0.3, 0.4) is 0 Å². The van der Waals surface area contributed by atoms with Gasteiger partial charge in [-0.2, -0.15) is 0 Å². The van der Waals surface area contributed by atoms with E-state index in [1.54, 1.807) is 11.6 Å². The monoisotopic (exact) mass is 431 g/mol. The standard InChI is InChI=1S/C22H29N3O6/c1-24-19-15-16(5-2-11-30-13-4-14-31-12-3-10-26)6-7-17(19)25(22(24)29)18-8-9-20(27)23-21(18)28/h6-7,10,15,18H,2-5,8-9,11-14H2,1H3,(H,23,27,28). The lowest BCUT2D eigenvalue weighted by molar-refractivity contribution is -0.135. The van der Waals surface area contributed by atoms with Crippen molar-refractivity contribution >= 4 is 29.1 Å². The van der Waals surface area contributed by atoms with Gasteiger partial charge in [-0.05, 0) is 43.4 Å². The maximum absolute atomic E-state index is 12.8. The van der Waals surface area contributed by atoms with Crippen molar-refractivity contribution in [1.82, 2.24) is 14.5 Å². The second-order valence-corrected chi connectivity index (χ2v) is 7.64. The number of aryl methyl sites for hydroxylation is 2. The summed E-state index contributed by atoms with van der Waals surface area (Å²) in [5.41, 5.74) is 2.28. The average molecular weight is 431 g/mol. The van der Waals surface area contributed by atoms with Gasteiger partial charge in [-0.3, -0.25) is 24.0 Å². The van der Waals surface area contributed by atoms with Crippen LogP contribution in [0, 0.1) is 0 Å². The van der Waals surface area contributed by atoms with Crippen molar-refractivity contribution in [3.05, 3.63) is 34.2 Å². The van der Waals surface area contributed by atoms with Crippen LogP contribution in [0.25, 0.3) is 11.0 Å². The minimum atomic E-state index is -0.671. The normalized spacial score (nSPS) is 16.6. The smallest absolute Gasteiger partial charge is 0.329 e. The van der Waals surface area contributed by atoms with Gasteiger partial charge < -0.3 is 14.3 Å². The van der Waals surface area contributed by atoms with Gasteiger partial charge in [0.05, 0.1) is 17.6 Å². The topological polar surface area (TPSA) is 109 Å². The fourth-order valence-corrected chi connectivity index (χ4v) is 3.77. The maximum atomic E-state index is 12.8. The molecule has 2 heterocycles. The first-order valence-electron chi connectivity index (χ1n) is 10.7. The van der Waals surface area contributed by atoms with Crippen molar-refractivity contribution < 1.29 is 23.9 Å². The molecule has 9 heteroatoms. The number of aldehydes is 1. The van der Waals surface area contributed by atoms with E-state index in [0.29, 0.717) is 44.8 Å². The van der Waals surface area contributed by atoms with Crippen molar-refractivity contribution in [3.63, 3.8) is 0 Å². The zero-order valence-corrected chi connectivity index (χ0v) is 17.8. The van der Waals surface area contributed by atoms with Crippen LogP contribution in [0.2, 0.25) is 0 Å². The number of hydrogen-bond donors (Lipinski definition) is 1. The van der Waals surface area contributed by atoms with Gasteiger partial charge in [0.2, 0.25) is 11.8 Å². The molecule has 0 radical (unpaired) electrons. The highest BCUT2D eigenvalue weighted by atomic mass is 16.5. The van der Waals surface area contributed by atoms with E-state index in [2.05, 4.69) is 5.32 Å². The van der Waals surface area contributed by atoms with Gasteiger partial charge >= 0.3 is 5.69 Å². The first-order chi connectivity index (χ1) is 15.0. The lowest BCUT2D eigenvalue weighted by Crippen LogP contribution is -2.44. The number of hydrogen-bond acceptors (Lipinski definition) is 6. The lowest BCUT2D eigenvalue weighted by Gasteiger charge is -2.21. The number of rotatable bonds is 12. The Balaban J connectivity index is 1.54. The Bertz CT molecular complexity index is 993. The predicted octanol–water partition coefficient (Wildman–Crippen LogP) is 1.26. The number of nitrogens with one attached hydrogen (secondary N) is 1. The molecule has 1 atom stereocenters. The van der Waals surface area contributed by atoms with Crippen LogP contribution >= 0.6 is 0 Å². The summed E-state index contributed by atoms with van der Waals surface area (Å²) in [5.74, 6) is -0.731. The van der Waals surface area contributed by atoms with Crippen molar-refractivity contribution in [2.45, 2.75) is 44.6 Å². The molecular formula is C22H29N3O6. The Labute approximate surface area is 180 Å². The number of aromatic nitrogens is 2. The molecule has 0 spiro atoms. The SMILES string of the molecule is Cn1c(=O)n(C2CCC(=O)NC2=O)c2ccc(CCCOCCCOCCC=O)cc21. The maximum Gasteiger partial charge on any atom is 0.329 e. The van der Waals surface area contributed by atoms with E-state index in [0.717, 1.165) is 36.6 Å². The highest BCUT2D eigenvalue weighted by Crippen LogP contribution is 2.24. The van der Waals surface area contributed by atoms with Crippen LogP contribution in [0.15, 0.2) is 23.0 Å². The summed E-state index contributed by atoms with van der Waals surface area (Å²) in [6.07, 6.45) is 4.26. The van der Waals surface area contributed by atoms with E-state index >= 15 is 0 Å². The number of imidazole rings is 1. The van der Waals surface area contributed by atoms with Crippen molar-refractivity contribution in [1.29, 1.82) is 0 Å². The van der Waals surface area contributed by atoms with Crippen LogP contribution in [0.4, 0.5) is 0 Å². The largest absolute Gasteiger partial charge is 0.381 e. The molecule has 0 saturated carbocycles. The van der Waals surface area contributed by atoms with Crippen molar-refractivity contribution in [2.75, 3.05) is 26.4 Å². The Hall–Kier alpha value is -2.78. The molecule has 9 nitrogen and oxygen atoms in total. The minimum Gasteiger partial charge on any atom is -0.381 e. The minimum absolute atomic E-state index is 0.224. The van der Waals surface area contributed by atoms with E-state index in [9.17, 15) is 19.2 Å². The molecule has 3 rings (SSSR count). The van der Waals surface area contributed by atoms with Gasteiger partial charge in [-0.25, -0.2) is 4.79 Å². The fourth-order valence-electron chi connectivity index (χ4n) is 3.77. The molecule has 1 aromatic heterocycles. The molecule has 1 N–H and O–H groups in total. The molecular weight excluding hydrogens is 402 g/mol. The molecule has 1 unspecified atom stereocenters. The fraction of sp³-hybridized carbons (Fsp3) is 0.545.